The number of hydrogen-bond donors (Lipinski definition) is 0. The Morgan fingerprint density at radius 3 is 2.44 bits per heavy atom. The van der Waals surface area contributed by atoms with E-state index in [-0.39, 0.29) is 5.91 Å². The van der Waals surface area contributed by atoms with Crippen molar-refractivity contribution in [2.45, 2.75) is 13.0 Å². The number of carbonyl (C=O) groups excluding carboxylic acids is 2. The van der Waals surface area contributed by atoms with E-state index in [9.17, 15) is 9.59 Å². The van der Waals surface area contributed by atoms with Crippen LogP contribution in [-0.4, -0.2) is 43.1 Å². The zero-order valence-corrected chi connectivity index (χ0v) is 14.2. The lowest BCUT2D eigenvalue weighted by Gasteiger charge is -2.30. The van der Waals surface area contributed by atoms with E-state index in [1.165, 1.54) is 0 Å². The minimum absolute atomic E-state index is 0.212. The standard InChI is InChI=1S/C20H21NO4/c1-15-6-5-9-17(14-15)20(23)25-18(16-7-3-2-4-8-16)19(22)21-10-12-24-13-11-21/h2-9,14,18H,10-13H2,1H3/t18-/m0/s1. The molecular formula is C20H21NO4. The lowest BCUT2D eigenvalue weighted by Crippen LogP contribution is -2.44. The van der Waals surface area contributed by atoms with Crippen molar-refractivity contribution >= 4 is 11.9 Å². The van der Waals surface area contributed by atoms with Crippen LogP contribution in [0.15, 0.2) is 54.6 Å². The van der Waals surface area contributed by atoms with Crippen LogP contribution in [0.4, 0.5) is 0 Å². The van der Waals surface area contributed by atoms with Crippen LogP contribution in [0.3, 0.4) is 0 Å². The molecule has 1 atom stereocenters. The molecule has 0 unspecified atom stereocenters. The maximum Gasteiger partial charge on any atom is 0.339 e. The molecule has 0 spiro atoms. The van der Waals surface area contributed by atoms with Gasteiger partial charge in [-0.05, 0) is 19.1 Å². The van der Waals surface area contributed by atoms with Gasteiger partial charge in [0.05, 0.1) is 18.8 Å². The van der Waals surface area contributed by atoms with Crippen LogP contribution in [0, 0.1) is 6.92 Å². The van der Waals surface area contributed by atoms with E-state index in [0.29, 0.717) is 37.4 Å². The second kappa shape index (κ2) is 7.94. The van der Waals surface area contributed by atoms with Crippen LogP contribution < -0.4 is 0 Å². The molecule has 1 fully saturated rings. The van der Waals surface area contributed by atoms with Crippen molar-refractivity contribution in [3.63, 3.8) is 0 Å². The topological polar surface area (TPSA) is 55.8 Å². The quantitative estimate of drug-likeness (QED) is 0.804. The summed E-state index contributed by atoms with van der Waals surface area (Å²) in [7, 11) is 0. The van der Waals surface area contributed by atoms with Gasteiger partial charge in [0.25, 0.3) is 5.91 Å². The molecule has 2 aromatic carbocycles. The monoisotopic (exact) mass is 339 g/mol. The first kappa shape index (κ1) is 17.2. The van der Waals surface area contributed by atoms with Crippen molar-refractivity contribution in [2.24, 2.45) is 0 Å². The van der Waals surface area contributed by atoms with Gasteiger partial charge in [-0.25, -0.2) is 4.79 Å². The third-order valence-corrected chi connectivity index (χ3v) is 4.13. The molecule has 2 aromatic rings. The second-order valence-corrected chi connectivity index (χ2v) is 6.00. The van der Waals surface area contributed by atoms with Crippen LogP contribution in [0.25, 0.3) is 0 Å². The molecule has 5 nitrogen and oxygen atoms in total. The van der Waals surface area contributed by atoms with Gasteiger partial charge in [-0.3, -0.25) is 4.79 Å². The van der Waals surface area contributed by atoms with Crippen LogP contribution in [0.2, 0.25) is 0 Å². The summed E-state index contributed by atoms with van der Waals surface area (Å²) < 4.78 is 10.9. The average Bonchev–Trinajstić information content (AvgIpc) is 2.67. The summed E-state index contributed by atoms with van der Waals surface area (Å²) in [6, 6.07) is 16.3. The number of nitrogens with zero attached hydrogens (tertiary/aromatic N) is 1. The molecule has 1 aliphatic heterocycles. The molecule has 0 aliphatic carbocycles. The molecule has 3 rings (SSSR count). The van der Waals surface area contributed by atoms with Crippen LogP contribution in [0.5, 0.6) is 0 Å². The highest BCUT2D eigenvalue weighted by Crippen LogP contribution is 2.23. The average molecular weight is 339 g/mol. The number of morpholine rings is 1. The van der Waals surface area contributed by atoms with Gasteiger partial charge in [-0.2, -0.15) is 0 Å². The maximum absolute atomic E-state index is 12.9. The van der Waals surface area contributed by atoms with Gasteiger partial charge >= 0.3 is 5.97 Å². The summed E-state index contributed by atoms with van der Waals surface area (Å²) in [6.07, 6.45) is -0.952. The number of carbonyl (C=O) groups is 2. The predicted molar refractivity (Wildman–Crippen MR) is 93.2 cm³/mol. The molecule has 1 heterocycles. The number of hydrogen-bond acceptors (Lipinski definition) is 4. The van der Waals surface area contributed by atoms with Gasteiger partial charge in [-0.15, -0.1) is 0 Å². The van der Waals surface area contributed by atoms with Gasteiger partial charge in [0.2, 0.25) is 6.10 Å². The number of ether oxygens (including phenoxy) is 2. The van der Waals surface area contributed by atoms with E-state index in [2.05, 4.69) is 0 Å². The first-order valence-corrected chi connectivity index (χ1v) is 8.34. The Balaban J connectivity index is 1.83. The Morgan fingerprint density at radius 2 is 1.76 bits per heavy atom. The van der Waals surface area contributed by atoms with Gasteiger partial charge in [0.15, 0.2) is 0 Å². The van der Waals surface area contributed by atoms with Crippen molar-refractivity contribution in [1.29, 1.82) is 0 Å². The van der Waals surface area contributed by atoms with Gasteiger partial charge in [0, 0.05) is 18.7 Å². The van der Waals surface area contributed by atoms with Crippen molar-refractivity contribution < 1.29 is 19.1 Å². The van der Waals surface area contributed by atoms with Crippen molar-refractivity contribution in [2.75, 3.05) is 26.3 Å². The zero-order valence-electron chi connectivity index (χ0n) is 14.2. The van der Waals surface area contributed by atoms with Gasteiger partial charge < -0.3 is 14.4 Å². The molecule has 0 aromatic heterocycles. The summed E-state index contributed by atoms with van der Waals surface area (Å²) in [5.41, 5.74) is 2.07. The SMILES string of the molecule is Cc1cccc(C(=O)O[C@H](C(=O)N2CCOCC2)c2ccccc2)c1. The lowest BCUT2D eigenvalue weighted by atomic mass is 10.1. The number of rotatable bonds is 4. The first-order valence-electron chi connectivity index (χ1n) is 8.34. The van der Waals surface area contributed by atoms with E-state index in [0.717, 1.165) is 5.56 Å². The number of benzene rings is 2. The highest BCUT2D eigenvalue weighted by molar-refractivity contribution is 5.92. The van der Waals surface area contributed by atoms with Crippen molar-refractivity contribution in [3.05, 3.63) is 71.3 Å². The number of amides is 1. The Labute approximate surface area is 147 Å². The number of esters is 1. The third kappa shape index (κ3) is 4.25. The fraction of sp³-hybridized carbons (Fsp3) is 0.300. The fourth-order valence-electron chi connectivity index (χ4n) is 2.79. The molecule has 1 saturated heterocycles. The molecule has 1 amide bonds. The Morgan fingerprint density at radius 1 is 1.04 bits per heavy atom. The summed E-state index contributed by atoms with van der Waals surface area (Å²) in [6.45, 7) is 3.91. The van der Waals surface area contributed by atoms with Crippen LogP contribution in [0.1, 0.15) is 27.6 Å². The highest BCUT2D eigenvalue weighted by Gasteiger charge is 2.30. The molecule has 25 heavy (non-hydrogen) atoms. The second-order valence-electron chi connectivity index (χ2n) is 6.00. The molecule has 0 N–H and O–H groups in total. The summed E-state index contributed by atoms with van der Waals surface area (Å²) >= 11 is 0. The molecule has 0 saturated carbocycles. The summed E-state index contributed by atoms with van der Waals surface area (Å²) in [4.78, 5) is 27.2. The first-order chi connectivity index (χ1) is 12.1. The summed E-state index contributed by atoms with van der Waals surface area (Å²) in [5, 5.41) is 0. The summed E-state index contributed by atoms with van der Waals surface area (Å²) in [5.74, 6) is -0.713. The zero-order chi connectivity index (χ0) is 17.6. The van der Waals surface area contributed by atoms with E-state index in [1.807, 2.05) is 31.2 Å². The van der Waals surface area contributed by atoms with E-state index >= 15 is 0 Å². The van der Waals surface area contributed by atoms with Crippen molar-refractivity contribution in [1.82, 2.24) is 4.90 Å². The van der Waals surface area contributed by atoms with Crippen molar-refractivity contribution in [3.8, 4) is 0 Å². The molecule has 0 bridgehead atoms. The minimum Gasteiger partial charge on any atom is -0.444 e. The lowest BCUT2D eigenvalue weighted by molar-refractivity contribution is -0.145. The van der Waals surface area contributed by atoms with E-state index in [4.69, 9.17) is 9.47 Å². The van der Waals surface area contributed by atoms with Gasteiger partial charge in [-0.1, -0.05) is 48.0 Å². The predicted octanol–water partition coefficient (Wildman–Crippen LogP) is 2.75. The minimum atomic E-state index is -0.952. The maximum atomic E-state index is 12.9. The van der Waals surface area contributed by atoms with Crippen LogP contribution >= 0.6 is 0 Å². The van der Waals surface area contributed by atoms with Gasteiger partial charge in [0.1, 0.15) is 0 Å². The smallest absolute Gasteiger partial charge is 0.339 e. The third-order valence-electron chi connectivity index (χ3n) is 4.13. The highest BCUT2D eigenvalue weighted by atomic mass is 16.5. The number of aryl methyl sites for hydroxylation is 1. The Hall–Kier alpha value is -2.66. The fourth-order valence-corrected chi connectivity index (χ4v) is 2.79. The van der Waals surface area contributed by atoms with E-state index < -0.39 is 12.1 Å². The Bertz CT molecular complexity index is 738. The Kier molecular flexibility index (Phi) is 5.46. The molecule has 1 aliphatic rings. The normalized spacial score (nSPS) is 15.5. The molecular weight excluding hydrogens is 318 g/mol. The van der Waals surface area contributed by atoms with Crippen LogP contribution in [-0.2, 0) is 14.3 Å². The van der Waals surface area contributed by atoms with E-state index in [1.54, 1.807) is 35.2 Å². The molecule has 130 valence electrons. The largest absolute Gasteiger partial charge is 0.444 e. The molecule has 0 radical (unpaired) electrons. The molecule has 5 heteroatoms.